The monoisotopic (exact) mass is 338 g/mol. The van der Waals surface area contributed by atoms with Crippen LogP contribution < -0.4 is 9.62 Å². The number of rotatable bonds is 4. The first-order valence-electron chi connectivity index (χ1n) is 7.47. The summed E-state index contributed by atoms with van der Waals surface area (Å²) in [6.45, 7) is 4.93. The molecule has 0 unspecified atom stereocenters. The van der Waals surface area contributed by atoms with Gasteiger partial charge in [-0.3, -0.25) is 9.82 Å². The summed E-state index contributed by atoms with van der Waals surface area (Å²) < 4.78 is 41.5. The number of anilines is 2. The van der Waals surface area contributed by atoms with Crippen molar-refractivity contribution in [3.63, 3.8) is 0 Å². The minimum atomic E-state index is -3.84. The predicted octanol–water partition coefficient (Wildman–Crippen LogP) is 2.57. The number of aromatic amines is 1. The quantitative estimate of drug-likeness (QED) is 0.898. The molecule has 1 aromatic carbocycles. The van der Waals surface area contributed by atoms with Crippen molar-refractivity contribution < 1.29 is 12.8 Å². The second-order valence-corrected chi connectivity index (χ2v) is 7.34. The normalized spacial score (nSPS) is 15.2. The lowest BCUT2D eigenvalue weighted by molar-refractivity contribution is 0.600. The second kappa shape index (κ2) is 5.84. The number of halogens is 1. The Balaban J connectivity index is 2.00. The second-order valence-electron chi connectivity index (χ2n) is 5.72. The smallest absolute Gasteiger partial charge is 0.265 e. The van der Waals surface area contributed by atoms with Crippen molar-refractivity contribution in [1.82, 2.24) is 10.2 Å². The number of H-pyrrole nitrogens is 1. The molecule has 1 aliphatic rings. The standard InChI is InChI=1S/C15H19FN4O2S/c1-10-15(11(2)18-17-10)23(21,22)19-13-9-12(16)5-6-14(13)20-7-3-4-8-20/h5-6,9,19H,3-4,7-8H2,1-2H3,(H,17,18). The fourth-order valence-corrected chi connectivity index (χ4v) is 4.39. The van der Waals surface area contributed by atoms with Crippen LogP contribution in [0, 0.1) is 19.7 Å². The molecule has 0 atom stereocenters. The molecular weight excluding hydrogens is 319 g/mol. The maximum Gasteiger partial charge on any atom is 0.265 e. The van der Waals surface area contributed by atoms with Crippen LogP contribution in [0.25, 0.3) is 0 Å². The van der Waals surface area contributed by atoms with E-state index in [0.717, 1.165) is 25.9 Å². The largest absolute Gasteiger partial charge is 0.370 e. The molecule has 0 spiro atoms. The molecule has 1 aliphatic heterocycles. The van der Waals surface area contributed by atoms with Gasteiger partial charge in [0.15, 0.2) is 0 Å². The predicted molar refractivity (Wildman–Crippen MR) is 86.7 cm³/mol. The highest BCUT2D eigenvalue weighted by molar-refractivity contribution is 7.92. The lowest BCUT2D eigenvalue weighted by Gasteiger charge is -2.22. The first-order chi connectivity index (χ1) is 10.9. The average Bonchev–Trinajstić information content (AvgIpc) is 3.09. The van der Waals surface area contributed by atoms with Crippen LogP contribution in [-0.2, 0) is 10.0 Å². The van der Waals surface area contributed by atoms with Crippen molar-refractivity contribution in [3.05, 3.63) is 35.4 Å². The fraction of sp³-hybridized carbons (Fsp3) is 0.400. The molecule has 0 bridgehead atoms. The van der Waals surface area contributed by atoms with Crippen LogP contribution in [0.4, 0.5) is 15.8 Å². The summed E-state index contributed by atoms with van der Waals surface area (Å²) in [5, 5.41) is 6.57. The minimum absolute atomic E-state index is 0.106. The van der Waals surface area contributed by atoms with Crippen LogP contribution in [0.1, 0.15) is 24.2 Å². The van der Waals surface area contributed by atoms with Gasteiger partial charge >= 0.3 is 0 Å². The van der Waals surface area contributed by atoms with Crippen molar-refractivity contribution in [2.75, 3.05) is 22.7 Å². The third-order valence-electron chi connectivity index (χ3n) is 3.98. The van der Waals surface area contributed by atoms with Crippen molar-refractivity contribution in [1.29, 1.82) is 0 Å². The van der Waals surface area contributed by atoms with Gasteiger partial charge in [-0.2, -0.15) is 5.10 Å². The summed E-state index contributed by atoms with van der Waals surface area (Å²) in [6, 6.07) is 4.18. The molecule has 1 aromatic heterocycles. The van der Waals surface area contributed by atoms with Gasteiger partial charge in [0.1, 0.15) is 10.7 Å². The van der Waals surface area contributed by atoms with Crippen molar-refractivity contribution >= 4 is 21.4 Å². The van der Waals surface area contributed by atoms with E-state index in [4.69, 9.17) is 0 Å². The number of sulfonamides is 1. The Morgan fingerprint density at radius 3 is 2.57 bits per heavy atom. The highest BCUT2D eigenvalue weighted by Crippen LogP contribution is 2.32. The maximum atomic E-state index is 13.6. The van der Waals surface area contributed by atoms with E-state index >= 15 is 0 Å². The molecule has 6 nitrogen and oxygen atoms in total. The number of nitrogens with one attached hydrogen (secondary N) is 2. The van der Waals surface area contributed by atoms with E-state index in [1.807, 2.05) is 0 Å². The van der Waals surface area contributed by atoms with Gasteiger partial charge in [-0.25, -0.2) is 12.8 Å². The highest BCUT2D eigenvalue weighted by Gasteiger charge is 2.25. The van der Waals surface area contributed by atoms with Crippen LogP contribution >= 0.6 is 0 Å². The zero-order valence-electron chi connectivity index (χ0n) is 13.1. The van der Waals surface area contributed by atoms with Gasteiger partial charge in [0, 0.05) is 19.2 Å². The zero-order valence-corrected chi connectivity index (χ0v) is 13.9. The molecule has 2 aromatic rings. The average molecular weight is 338 g/mol. The summed E-state index contributed by atoms with van der Waals surface area (Å²) in [4.78, 5) is 2.17. The number of hydrogen-bond acceptors (Lipinski definition) is 4. The Morgan fingerprint density at radius 2 is 1.96 bits per heavy atom. The van der Waals surface area contributed by atoms with Gasteiger partial charge in [0.2, 0.25) is 0 Å². The number of hydrogen-bond donors (Lipinski definition) is 2. The lowest BCUT2D eigenvalue weighted by Crippen LogP contribution is -2.22. The van der Waals surface area contributed by atoms with Crippen LogP contribution in [0.2, 0.25) is 0 Å². The van der Waals surface area contributed by atoms with E-state index in [9.17, 15) is 12.8 Å². The van der Waals surface area contributed by atoms with E-state index in [2.05, 4.69) is 19.8 Å². The van der Waals surface area contributed by atoms with Crippen LogP contribution in [0.15, 0.2) is 23.1 Å². The highest BCUT2D eigenvalue weighted by atomic mass is 32.2. The molecule has 124 valence electrons. The molecule has 2 heterocycles. The molecule has 3 rings (SSSR count). The zero-order chi connectivity index (χ0) is 16.6. The van der Waals surface area contributed by atoms with E-state index < -0.39 is 15.8 Å². The lowest BCUT2D eigenvalue weighted by atomic mass is 10.2. The summed E-state index contributed by atoms with van der Waals surface area (Å²) in [5.41, 5.74) is 1.79. The molecule has 0 aliphatic carbocycles. The molecule has 1 saturated heterocycles. The molecule has 8 heteroatoms. The third-order valence-corrected chi connectivity index (χ3v) is 5.61. The molecule has 2 N–H and O–H groups in total. The number of nitrogens with zero attached hydrogens (tertiary/aromatic N) is 2. The van der Waals surface area contributed by atoms with E-state index in [1.165, 1.54) is 12.1 Å². The fourth-order valence-electron chi connectivity index (χ4n) is 2.96. The van der Waals surface area contributed by atoms with Crippen molar-refractivity contribution in [3.8, 4) is 0 Å². The van der Waals surface area contributed by atoms with Gasteiger partial charge in [-0.1, -0.05) is 0 Å². The molecule has 0 amide bonds. The summed E-state index contributed by atoms with van der Waals surface area (Å²) in [7, 11) is -3.84. The first-order valence-corrected chi connectivity index (χ1v) is 8.96. The number of benzene rings is 1. The summed E-state index contributed by atoms with van der Waals surface area (Å²) in [5.74, 6) is -0.480. The van der Waals surface area contributed by atoms with Crippen LogP contribution in [-0.4, -0.2) is 31.7 Å². The van der Waals surface area contributed by atoms with Crippen molar-refractivity contribution in [2.45, 2.75) is 31.6 Å². The van der Waals surface area contributed by atoms with E-state index in [0.29, 0.717) is 17.1 Å². The van der Waals surface area contributed by atoms with E-state index in [1.54, 1.807) is 19.9 Å². The third kappa shape index (κ3) is 3.03. The SMILES string of the molecule is Cc1n[nH]c(C)c1S(=O)(=O)Nc1cc(F)ccc1N1CCCC1. The summed E-state index contributed by atoms with van der Waals surface area (Å²) in [6.07, 6.45) is 2.09. The van der Waals surface area contributed by atoms with Crippen molar-refractivity contribution in [2.24, 2.45) is 0 Å². The van der Waals surface area contributed by atoms with Gasteiger partial charge in [-0.15, -0.1) is 0 Å². The Bertz CT molecular complexity index is 806. The molecule has 0 radical (unpaired) electrons. The minimum Gasteiger partial charge on any atom is -0.370 e. The van der Waals surface area contributed by atoms with Gasteiger partial charge in [0.25, 0.3) is 10.0 Å². The molecule has 23 heavy (non-hydrogen) atoms. The van der Waals surface area contributed by atoms with Crippen LogP contribution in [0.3, 0.4) is 0 Å². The first kappa shape index (κ1) is 15.8. The Morgan fingerprint density at radius 1 is 1.26 bits per heavy atom. The maximum absolute atomic E-state index is 13.6. The Labute approximate surface area is 134 Å². The molecule has 1 fully saturated rings. The van der Waals surface area contributed by atoms with Gasteiger partial charge in [0.05, 0.1) is 22.8 Å². The topological polar surface area (TPSA) is 78.1 Å². The van der Waals surface area contributed by atoms with Gasteiger partial charge in [-0.05, 0) is 38.8 Å². The van der Waals surface area contributed by atoms with Gasteiger partial charge < -0.3 is 4.90 Å². The summed E-state index contributed by atoms with van der Waals surface area (Å²) >= 11 is 0. The number of aromatic nitrogens is 2. The van der Waals surface area contributed by atoms with E-state index in [-0.39, 0.29) is 10.6 Å². The van der Waals surface area contributed by atoms with Crippen LogP contribution in [0.5, 0.6) is 0 Å². The molecule has 0 saturated carbocycles. The molecular formula is C15H19FN4O2S. The Kier molecular flexibility index (Phi) is 4.01. The number of aryl methyl sites for hydroxylation is 2. The Hall–Kier alpha value is -2.09.